The van der Waals surface area contributed by atoms with Crippen LogP contribution in [0.1, 0.15) is 46.0 Å². The summed E-state index contributed by atoms with van der Waals surface area (Å²) in [4.78, 5) is 25.3. The zero-order valence-electron chi connectivity index (χ0n) is 14.7. The molecule has 4 fully saturated rings. The molecule has 4 bridgehead atoms. The minimum Gasteiger partial charge on any atom is -0.481 e. The van der Waals surface area contributed by atoms with Crippen molar-refractivity contribution in [2.45, 2.75) is 57.2 Å². The number of fused-ring (bicyclic) bond motifs is 1. The van der Waals surface area contributed by atoms with E-state index in [1.807, 2.05) is 13.8 Å². The van der Waals surface area contributed by atoms with Crippen molar-refractivity contribution in [3.8, 4) is 0 Å². The first-order valence-corrected chi connectivity index (χ1v) is 9.16. The van der Waals surface area contributed by atoms with Crippen LogP contribution in [0.4, 0.5) is 0 Å². The van der Waals surface area contributed by atoms with Crippen molar-refractivity contribution < 1.29 is 24.5 Å². The van der Waals surface area contributed by atoms with E-state index >= 15 is 0 Å². The van der Waals surface area contributed by atoms with Gasteiger partial charge in [-0.1, -0.05) is 18.2 Å². The molecule has 1 spiro atoms. The van der Waals surface area contributed by atoms with Gasteiger partial charge < -0.3 is 14.9 Å². The number of aliphatic hydroxyl groups is 1. The van der Waals surface area contributed by atoms with Gasteiger partial charge in [0.15, 0.2) is 0 Å². The van der Waals surface area contributed by atoms with Crippen molar-refractivity contribution in [1.29, 1.82) is 0 Å². The SMILES string of the molecule is C=C1C[C@]23C[C@@]1(O)CC[C@H]2[C@@]12CC=C(C)[C@@](C)(C(=O)O1)[C@H]2[C@@H]3C(=O)O. The van der Waals surface area contributed by atoms with Gasteiger partial charge in [0, 0.05) is 18.3 Å². The summed E-state index contributed by atoms with van der Waals surface area (Å²) in [5, 5.41) is 21.2. The van der Waals surface area contributed by atoms with Crippen molar-refractivity contribution >= 4 is 11.9 Å². The lowest BCUT2D eigenvalue weighted by Crippen LogP contribution is -2.47. The highest BCUT2D eigenvalue weighted by Crippen LogP contribution is 2.78. The van der Waals surface area contributed by atoms with E-state index in [1.54, 1.807) is 0 Å². The largest absolute Gasteiger partial charge is 0.481 e. The topological polar surface area (TPSA) is 83.8 Å². The van der Waals surface area contributed by atoms with Crippen molar-refractivity contribution in [2.75, 3.05) is 0 Å². The molecule has 0 aromatic heterocycles. The molecular formula is C20H24O5. The Bertz CT molecular complexity index is 783. The van der Waals surface area contributed by atoms with Crippen LogP contribution in [0, 0.1) is 28.6 Å². The highest BCUT2D eigenvalue weighted by Gasteiger charge is 2.83. The Kier molecular flexibility index (Phi) is 2.52. The Balaban J connectivity index is 1.78. The Hall–Kier alpha value is -1.62. The third kappa shape index (κ3) is 1.37. The molecule has 5 heteroatoms. The summed E-state index contributed by atoms with van der Waals surface area (Å²) < 4.78 is 6.07. The lowest BCUT2D eigenvalue weighted by atomic mass is 9.60. The van der Waals surface area contributed by atoms with E-state index < -0.39 is 33.9 Å². The van der Waals surface area contributed by atoms with Gasteiger partial charge in [-0.15, -0.1) is 0 Å². The number of ether oxygens (including phenoxy) is 1. The van der Waals surface area contributed by atoms with E-state index in [2.05, 4.69) is 12.7 Å². The maximum atomic E-state index is 12.8. The molecule has 0 aromatic carbocycles. The van der Waals surface area contributed by atoms with Crippen LogP contribution in [0.25, 0.3) is 0 Å². The first kappa shape index (κ1) is 15.6. The highest BCUT2D eigenvalue weighted by atomic mass is 16.6. The van der Waals surface area contributed by atoms with Crippen LogP contribution in [0.15, 0.2) is 23.8 Å². The molecule has 7 atom stereocenters. The molecule has 0 unspecified atom stereocenters. The second kappa shape index (κ2) is 4.03. The summed E-state index contributed by atoms with van der Waals surface area (Å²) in [6.45, 7) is 7.85. The number of hydrogen-bond donors (Lipinski definition) is 2. The molecule has 0 radical (unpaired) electrons. The van der Waals surface area contributed by atoms with Gasteiger partial charge in [0.1, 0.15) is 5.60 Å². The fourth-order valence-electron chi connectivity index (χ4n) is 7.47. The summed E-state index contributed by atoms with van der Waals surface area (Å²) in [6, 6.07) is 0. The van der Waals surface area contributed by atoms with Gasteiger partial charge in [-0.05, 0) is 50.5 Å². The van der Waals surface area contributed by atoms with Gasteiger partial charge >= 0.3 is 11.9 Å². The quantitative estimate of drug-likeness (QED) is 0.564. The van der Waals surface area contributed by atoms with Gasteiger partial charge in [0.05, 0.1) is 16.9 Å². The Labute approximate surface area is 146 Å². The molecular weight excluding hydrogens is 320 g/mol. The minimum atomic E-state index is -0.957. The van der Waals surface area contributed by atoms with Gasteiger partial charge in [-0.2, -0.15) is 0 Å². The van der Waals surface area contributed by atoms with Crippen LogP contribution in [-0.4, -0.2) is 33.4 Å². The minimum absolute atomic E-state index is 0.0271. The highest BCUT2D eigenvalue weighted by molar-refractivity contribution is 5.87. The van der Waals surface area contributed by atoms with E-state index in [-0.39, 0.29) is 17.8 Å². The maximum Gasteiger partial charge on any atom is 0.316 e. The van der Waals surface area contributed by atoms with E-state index in [0.717, 1.165) is 11.1 Å². The van der Waals surface area contributed by atoms with Crippen LogP contribution < -0.4 is 0 Å². The van der Waals surface area contributed by atoms with Crippen molar-refractivity contribution in [3.63, 3.8) is 0 Å². The summed E-state index contributed by atoms with van der Waals surface area (Å²) in [7, 11) is 0. The third-order valence-electron chi connectivity index (χ3n) is 8.57. The molecule has 1 heterocycles. The molecule has 3 saturated carbocycles. The lowest BCUT2D eigenvalue weighted by molar-refractivity contribution is -0.162. The van der Waals surface area contributed by atoms with Gasteiger partial charge in [-0.25, -0.2) is 0 Å². The standard InChI is InChI=1S/C20H24O5/c1-10-4-7-20-12-5-6-19(24)9-18(12,8-11(19)2)13(15(21)22)14(20)17(10,3)16(23)25-20/h4,12-14,24H,2,5-9H2,1,3H3,(H,21,22)/t12-,13-,14-,17-,18+,19+,20-/m1/s1. The van der Waals surface area contributed by atoms with Crippen molar-refractivity contribution in [2.24, 2.45) is 28.6 Å². The maximum absolute atomic E-state index is 12.8. The fraction of sp³-hybridized carbons (Fsp3) is 0.700. The predicted molar refractivity (Wildman–Crippen MR) is 88.4 cm³/mol. The zero-order chi connectivity index (χ0) is 18.0. The van der Waals surface area contributed by atoms with Crippen LogP contribution in [-0.2, 0) is 14.3 Å². The van der Waals surface area contributed by atoms with Crippen LogP contribution in [0.2, 0.25) is 0 Å². The summed E-state index contributed by atoms with van der Waals surface area (Å²) in [5.74, 6) is -2.23. The average Bonchev–Trinajstić information content (AvgIpc) is 2.95. The molecule has 2 N–H and O–H groups in total. The van der Waals surface area contributed by atoms with E-state index in [1.165, 1.54) is 0 Å². The number of hydrogen-bond acceptors (Lipinski definition) is 4. The van der Waals surface area contributed by atoms with Crippen molar-refractivity contribution in [3.05, 3.63) is 23.8 Å². The molecule has 0 amide bonds. The van der Waals surface area contributed by atoms with E-state index in [4.69, 9.17) is 4.74 Å². The molecule has 1 saturated heterocycles. The van der Waals surface area contributed by atoms with Gasteiger partial charge in [0.2, 0.25) is 0 Å². The molecule has 5 rings (SSSR count). The molecule has 4 aliphatic carbocycles. The predicted octanol–water partition coefficient (Wildman–Crippen LogP) is 2.45. The Morgan fingerprint density at radius 2 is 2.16 bits per heavy atom. The number of rotatable bonds is 1. The molecule has 5 nitrogen and oxygen atoms in total. The lowest BCUT2D eigenvalue weighted by Gasteiger charge is -2.45. The number of carbonyl (C=O) groups excluding carboxylic acids is 1. The number of carboxylic acid groups (broad SMARTS) is 1. The van der Waals surface area contributed by atoms with Crippen LogP contribution in [0.3, 0.4) is 0 Å². The first-order valence-electron chi connectivity index (χ1n) is 9.16. The number of esters is 1. The molecule has 5 aliphatic rings. The number of aliphatic carboxylic acids is 1. The van der Waals surface area contributed by atoms with Crippen LogP contribution >= 0.6 is 0 Å². The zero-order valence-corrected chi connectivity index (χ0v) is 14.7. The Morgan fingerprint density at radius 3 is 2.84 bits per heavy atom. The smallest absolute Gasteiger partial charge is 0.316 e. The number of carbonyl (C=O) groups is 2. The molecule has 25 heavy (non-hydrogen) atoms. The second-order valence-corrected chi connectivity index (χ2v) is 9.24. The molecule has 1 aliphatic heterocycles. The van der Waals surface area contributed by atoms with Crippen molar-refractivity contribution in [1.82, 2.24) is 0 Å². The first-order chi connectivity index (χ1) is 11.6. The summed E-state index contributed by atoms with van der Waals surface area (Å²) in [5.41, 5.74) is -1.45. The normalized spacial score (nSPS) is 55.5. The third-order valence-corrected chi connectivity index (χ3v) is 8.57. The number of carboxylic acids is 1. The van der Waals surface area contributed by atoms with E-state index in [9.17, 15) is 19.8 Å². The second-order valence-electron chi connectivity index (χ2n) is 9.24. The Morgan fingerprint density at radius 1 is 1.44 bits per heavy atom. The van der Waals surface area contributed by atoms with Crippen LogP contribution in [0.5, 0.6) is 0 Å². The molecule has 0 aromatic rings. The fourth-order valence-corrected chi connectivity index (χ4v) is 7.47. The monoisotopic (exact) mass is 344 g/mol. The van der Waals surface area contributed by atoms with Gasteiger partial charge in [0.25, 0.3) is 0 Å². The van der Waals surface area contributed by atoms with E-state index in [0.29, 0.717) is 32.1 Å². The summed E-state index contributed by atoms with van der Waals surface area (Å²) >= 11 is 0. The van der Waals surface area contributed by atoms with Gasteiger partial charge in [-0.3, -0.25) is 9.59 Å². The summed E-state index contributed by atoms with van der Waals surface area (Å²) in [6.07, 6.45) is 4.89. The molecule has 134 valence electrons. The average molecular weight is 344 g/mol.